The fourth-order valence-corrected chi connectivity index (χ4v) is 8.48. The van der Waals surface area contributed by atoms with E-state index in [1.165, 1.54) is 0 Å². The zero-order valence-electron chi connectivity index (χ0n) is 21.3. The number of phenolic OH excluding ortho intramolecular Hbond substituents is 3. The number of carbonyl (C=O) groups is 2. The van der Waals surface area contributed by atoms with E-state index in [0.717, 1.165) is 12.8 Å². The lowest BCUT2D eigenvalue weighted by Gasteiger charge is -2.59. The Kier molecular flexibility index (Phi) is 5.87. The van der Waals surface area contributed by atoms with Gasteiger partial charge in [-0.05, 0) is 85.4 Å². The molecule has 34 heavy (non-hydrogen) atoms. The Morgan fingerprint density at radius 1 is 0.912 bits per heavy atom. The summed E-state index contributed by atoms with van der Waals surface area (Å²) in [5.74, 6) is -0.575. The van der Waals surface area contributed by atoms with Crippen molar-refractivity contribution < 1.29 is 30.0 Å². The largest absolute Gasteiger partial charge is 0.507 e. The highest BCUT2D eigenvalue weighted by atomic mass is 16.3. The van der Waals surface area contributed by atoms with Crippen molar-refractivity contribution in [3.63, 3.8) is 0 Å². The van der Waals surface area contributed by atoms with E-state index in [4.69, 9.17) is 0 Å². The number of rotatable bonds is 6. The average Bonchev–Trinajstić information content (AvgIpc) is 3.27. The van der Waals surface area contributed by atoms with Gasteiger partial charge in [0.1, 0.15) is 17.2 Å². The first-order valence-corrected chi connectivity index (χ1v) is 12.7. The van der Waals surface area contributed by atoms with Crippen molar-refractivity contribution in [2.24, 2.45) is 40.4 Å². The number of aldehydes is 2. The fourth-order valence-electron chi connectivity index (χ4n) is 8.48. The lowest BCUT2D eigenvalue weighted by Crippen LogP contribution is -2.56. The van der Waals surface area contributed by atoms with Crippen LogP contribution in [0.25, 0.3) is 0 Å². The van der Waals surface area contributed by atoms with E-state index >= 15 is 0 Å². The van der Waals surface area contributed by atoms with Gasteiger partial charge in [0.25, 0.3) is 0 Å². The molecule has 0 saturated heterocycles. The van der Waals surface area contributed by atoms with Crippen LogP contribution in [0.1, 0.15) is 106 Å². The smallest absolute Gasteiger partial charge is 0.157 e. The number of aromatic hydroxyl groups is 3. The summed E-state index contributed by atoms with van der Waals surface area (Å²) in [5, 5.41) is 44.1. The van der Waals surface area contributed by atoms with Crippen LogP contribution in [0, 0.1) is 40.4 Å². The SMILES string of the molecule is CC(C)C[C@@H](c1c(O)c(C=O)c(O)c(C=O)c1O)[C@@H]1CC[C@@](C)(O)[C@@H]2[C@@H]3C(CC[C@]21C)C3(C)C. The molecule has 6 nitrogen and oxygen atoms in total. The van der Waals surface area contributed by atoms with Crippen LogP contribution in [0.4, 0.5) is 0 Å². The van der Waals surface area contributed by atoms with Gasteiger partial charge in [-0.2, -0.15) is 0 Å². The first-order valence-electron chi connectivity index (χ1n) is 12.7. The van der Waals surface area contributed by atoms with Crippen molar-refractivity contribution in [1.29, 1.82) is 0 Å². The molecular formula is C28H40O6. The van der Waals surface area contributed by atoms with Crippen molar-refractivity contribution in [3.05, 3.63) is 16.7 Å². The quantitative estimate of drug-likeness (QED) is 0.412. The van der Waals surface area contributed by atoms with Crippen LogP contribution in [-0.2, 0) is 0 Å². The molecule has 0 amide bonds. The Bertz CT molecular complexity index is 974. The average molecular weight is 473 g/mol. The van der Waals surface area contributed by atoms with Crippen LogP contribution < -0.4 is 0 Å². The zero-order valence-corrected chi connectivity index (χ0v) is 21.3. The Balaban J connectivity index is 1.90. The van der Waals surface area contributed by atoms with Crippen LogP contribution in [-0.4, -0.2) is 38.6 Å². The van der Waals surface area contributed by atoms with Crippen LogP contribution in [0.5, 0.6) is 17.2 Å². The number of hydrogen-bond acceptors (Lipinski definition) is 6. The predicted molar refractivity (Wildman–Crippen MR) is 129 cm³/mol. The van der Waals surface area contributed by atoms with Gasteiger partial charge in [0.15, 0.2) is 12.6 Å². The number of hydrogen-bond donors (Lipinski definition) is 4. The van der Waals surface area contributed by atoms with Crippen molar-refractivity contribution in [1.82, 2.24) is 0 Å². The first kappa shape index (κ1) is 25.0. The summed E-state index contributed by atoms with van der Waals surface area (Å²) in [6, 6.07) is 0. The van der Waals surface area contributed by atoms with Gasteiger partial charge in [-0.25, -0.2) is 0 Å². The lowest BCUT2D eigenvalue weighted by atomic mass is 9.47. The highest BCUT2D eigenvalue weighted by Crippen LogP contribution is 2.76. The first-order chi connectivity index (χ1) is 15.7. The molecule has 3 saturated carbocycles. The molecule has 0 heterocycles. The number of phenols is 3. The lowest BCUT2D eigenvalue weighted by molar-refractivity contribution is -0.155. The normalized spacial score (nSPS) is 36.9. The summed E-state index contributed by atoms with van der Waals surface area (Å²) in [6.07, 6.45) is 4.66. The molecule has 4 rings (SSSR count). The van der Waals surface area contributed by atoms with Gasteiger partial charge < -0.3 is 20.4 Å². The minimum Gasteiger partial charge on any atom is -0.507 e. The van der Waals surface area contributed by atoms with Gasteiger partial charge in [-0.15, -0.1) is 0 Å². The molecule has 7 atom stereocenters. The molecule has 188 valence electrons. The van der Waals surface area contributed by atoms with Crippen molar-refractivity contribution in [2.45, 2.75) is 85.2 Å². The van der Waals surface area contributed by atoms with Gasteiger partial charge in [0.2, 0.25) is 0 Å². The molecule has 0 aromatic heterocycles. The third-order valence-corrected chi connectivity index (χ3v) is 10.0. The third kappa shape index (κ3) is 3.39. The minimum absolute atomic E-state index is 0.0258. The molecule has 1 aromatic carbocycles. The fraction of sp³-hybridized carbons (Fsp3) is 0.714. The molecular weight excluding hydrogens is 432 g/mol. The maximum absolute atomic E-state index is 11.7. The second kappa shape index (κ2) is 7.97. The van der Waals surface area contributed by atoms with E-state index in [9.17, 15) is 30.0 Å². The highest BCUT2D eigenvalue weighted by Gasteiger charge is 2.72. The molecule has 3 aliphatic carbocycles. The standard InChI is InChI=1S/C28H40O6/c1-14(2)11-15(20-23(32)16(12-29)22(31)17(13-30)24(20)33)18-8-10-28(6,34)25-21-19(26(21,3)4)7-9-27(18,25)5/h12-15,18-19,21,25,31-34H,7-11H2,1-6H3/t15-,18+,19?,21+,25-,27+,28-/m1/s1. The summed E-state index contributed by atoms with van der Waals surface area (Å²) in [4.78, 5) is 23.5. The molecule has 6 heteroatoms. The topological polar surface area (TPSA) is 115 Å². The second-order valence-electron chi connectivity index (χ2n) is 12.7. The Morgan fingerprint density at radius 2 is 1.47 bits per heavy atom. The van der Waals surface area contributed by atoms with Crippen LogP contribution in [0.2, 0.25) is 0 Å². The molecule has 1 unspecified atom stereocenters. The third-order valence-electron chi connectivity index (χ3n) is 10.0. The monoisotopic (exact) mass is 472 g/mol. The van der Waals surface area contributed by atoms with Gasteiger partial charge in [0.05, 0.1) is 16.7 Å². The molecule has 0 spiro atoms. The number of aliphatic hydroxyl groups is 1. The van der Waals surface area contributed by atoms with E-state index in [1.807, 2.05) is 6.92 Å². The van der Waals surface area contributed by atoms with E-state index in [0.29, 0.717) is 43.7 Å². The van der Waals surface area contributed by atoms with Crippen LogP contribution in [0.3, 0.4) is 0 Å². The second-order valence-corrected chi connectivity index (χ2v) is 12.7. The Labute approximate surface area is 202 Å². The van der Waals surface area contributed by atoms with E-state index < -0.39 is 22.8 Å². The van der Waals surface area contributed by atoms with Crippen molar-refractivity contribution in [3.8, 4) is 17.2 Å². The molecule has 0 bridgehead atoms. The van der Waals surface area contributed by atoms with Gasteiger partial charge in [0, 0.05) is 5.56 Å². The number of carbonyl (C=O) groups excluding carboxylic acids is 2. The molecule has 0 aliphatic heterocycles. The van der Waals surface area contributed by atoms with E-state index in [1.54, 1.807) is 0 Å². The maximum atomic E-state index is 11.7. The number of benzene rings is 1. The predicted octanol–water partition coefficient (Wildman–Crippen LogP) is 5.41. The Morgan fingerprint density at radius 3 is 1.97 bits per heavy atom. The van der Waals surface area contributed by atoms with Crippen LogP contribution in [0.15, 0.2) is 0 Å². The van der Waals surface area contributed by atoms with Gasteiger partial charge in [-0.3, -0.25) is 9.59 Å². The summed E-state index contributed by atoms with van der Waals surface area (Å²) in [6.45, 7) is 13.0. The van der Waals surface area contributed by atoms with E-state index in [2.05, 4.69) is 34.6 Å². The maximum Gasteiger partial charge on any atom is 0.157 e. The molecule has 3 aliphatic rings. The summed E-state index contributed by atoms with van der Waals surface area (Å²) in [5.41, 5.74) is -1.40. The highest BCUT2D eigenvalue weighted by molar-refractivity contribution is 5.95. The zero-order chi connectivity index (χ0) is 25.4. The molecule has 1 aromatic rings. The summed E-state index contributed by atoms with van der Waals surface area (Å²) < 4.78 is 0. The van der Waals surface area contributed by atoms with Crippen molar-refractivity contribution in [2.75, 3.05) is 0 Å². The number of fused-ring (bicyclic) bond motifs is 3. The van der Waals surface area contributed by atoms with Gasteiger partial charge in [-0.1, -0.05) is 34.6 Å². The minimum atomic E-state index is -0.800. The molecule has 3 fully saturated rings. The van der Waals surface area contributed by atoms with Crippen molar-refractivity contribution >= 4 is 12.6 Å². The molecule has 0 radical (unpaired) electrons. The summed E-state index contributed by atoms with van der Waals surface area (Å²) in [7, 11) is 0. The van der Waals surface area contributed by atoms with Crippen LogP contribution >= 0.6 is 0 Å². The molecule has 4 N–H and O–H groups in total. The Hall–Kier alpha value is -2.08. The van der Waals surface area contributed by atoms with E-state index in [-0.39, 0.29) is 51.2 Å². The summed E-state index contributed by atoms with van der Waals surface area (Å²) >= 11 is 0. The van der Waals surface area contributed by atoms with Gasteiger partial charge >= 0.3 is 0 Å².